The first kappa shape index (κ1) is 10.2. The predicted octanol–water partition coefficient (Wildman–Crippen LogP) is 1.35. The molecule has 0 heterocycles. The summed E-state index contributed by atoms with van der Waals surface area (Å²) in [5.74, 6) is 0. The van der Waals surface area contributed by atoms with Gasteiger partial charge in [0.05, 0.1) is 6.67 Å². The van der Waals surface area contributed by atoms with Crippen molar-refractivity contribution in [1.29, 1.82) is 0 Å². The Bertz CT molecular complexity index is 219. The fraction of sp³-hybridized carbons (Fsp3) is 0.455. The van der Waals surface area contributed by atoms with E-state index >= 15 is 0 Å². The van der Waals surface area contributed by atoms with Crippen molar-refractivity contribution in [2.75, 3.05) is 27.3 Å². The number of rotatable bonds is 5. The molecule has 1 rings (SSSR count). The zero-order valence-electron chi connectivity index (χ0n) is 8.40. The summed E-state index contributed by atoms with van der Waals surface area (Å²) in [6, 6.07) is 10.5. The van der Waals surface area contributed by atoms with E-state index in [0.717, 1.165) is 19.6 Å². The van der Waals surface area contributed by atoms with Gasteiger partial charge < -0.3 is 0 Å². The molecule has 0 aromatic heterocycles. The lowest BCUT2D eigenvalue weighted by Crippen LogP contribution is -2.23. The van der Waals surface area contributed by atoms with Crippen molar-refractivity contribution in [1.82, 2.24) is 10.2 Å². The Labute approximate surface area is 80.6 Å². The molecule has 0 bridgehead atoms. The third-order valence-corrected chi connectivity index (χ3v) is 1.78. The largest absolute Gasteiger partial charge is 0.296 e. The summed E-state index contributed by atoms with van der Waals surface area (Å²) in [5, 5.41) is 4.39. The van der Waals surface area contributed by atoms with E-state index in [1.54, 1.807) is 0 Å². The van der Waals surface area contributed by atoms with Crippen LogP contribution in [0.1, 0.15) is 5.56 Å². The third kappa shape index (κ3) is 4.65. The van der Waals surface area contributed by atoms with Gasteiger partial charge in [0.1, 0.15) is 0 Å². The molecule has 0 saturated carbocycles. The highest BCUT2D eigenvalue weighted by atomic mass is 15.2. The first-order chi connectivity index (χ1) is 6.29. The van der Waals surface area contributed by atoms with Crippen LogP contribution in [0.5, 0.6) is 0 Å². The molecule has 1 radical (unpaired) electrons. The molecule has 71 valence electrons. The van der Waals surface area contributed by atoms with Gasteiger partial charge in [-0.25, -0.2) is 5.32 Å². The Hall–Kier alpha value is -0.860. The van der Waals surface area contributed by atoms with E-state index in [9.17, 15) is 0 Å². The molecule has 0 spiro atoms. The van der Waals surface area contributed by atoms with Gasteiger partial charge in [-0.05, 0) is 26.1 Å². The zero-order valence-corrected chi connectivity index (χ0v) is 8.40. The van der Waals surface area contributed by atoms with E-state index in [1.807, 2.05) is 20.2 Å². The summed E-state index contributed by atoms with van der Waals surface area (Å²) in [6.07, 6.45) is 1.05. The van der Waals surface area contributed by atoms with E-state index < -0.39 is 0 Å². The van der Waals surface area contributed by atoms with Crippen LogP contribution in [-0.2, 0) is 6.42 Å². The van der Waals surface area contributed by atoms with E-state index in [0.29, 0.717) is 0 Å². The van der Waals surface area contributed by atoms with E-state index in [1.165, 1.54) is 5.56 Å². The average molecular weight is 177 g/mol. The SMILES string of the molecule is CN(C)C[N]CCc1ccccc1. The monoisotopic (exact) mass is 177 g/mol. The first-order valence-electron chi connectivity index (χ1n) is 4.61. The number of benzene rings is 1. The Morgan fingerprint density at radius 3 is 2.46 bits per heavy atom. The average Bonchev–Trinajstić information content (AvgIpc) is 2.14. The summed E-state index contributed by atoms with van der Waals surface area (Å²) in [6.45, 7) is 1.75. The van der Waals surface area contributed by atoms with Crippen molar-refractivity contribution in [3.05, 3.63) is 35.9 Å². The van der Waals surface area contributed by atoms with Crippen LogP contribution in [0.2, 0.25) is 0 Å². The van der Waals surface area contributed by atoms with E-state index in [4.69, 9.17) is 0 Å². The smallest absolute Gasteiger partial charge is 0.0644 e. The standard InChI is InChI=1S/C11H17N2/c1-13(2)10-12-9-8-11-6-4-3-5-7-11/h3-7H,8-10H2,1-2H3. The number of hydrogen-bond acceptors (Lipinski definition) is 1. The molecule has 0 aliphatic rings. The summed E-state index contributed by atoms with van der Waals surface area (Å²) < 4.78 is 0. The fourth-order valence-corrected chi connectivity index (χ4v) is 1.12. The van der Waals surface area contributed by atoms with Gasteiger partial charge in [-0.2, -0.15) is 0 Å². The van der Waals surface area contributed by atoms with Crippen LogP contribution in [0, 0.1) is 0 Å². The van der Waals surface area contributed by atoms with Gasteiger partial charge in [-0.3, -0.25) is 4.90 Å². The highest BCUT2D eigenvalue weighted by Crippen LogP contribution is 1.98. The molecule has 1 aromatic rings. The highest BCUT2D eigenvalue weighted by molar-refractivity contribution is 5.14. The van der Waals surface area contributed by atoms with Crippen LogP contribution in [0.3, 0.4) is 0 Å². The Morgan fingerprint density at radius 2 is 1.85 bits per heavy atom. The lowest BCUT2D eigenvalue weighted by atomic mass is 10.1. The molecule has 0 fully saturated rings. The predicted molar refractivity (Wildman–Crippen MR) is 55.7 cm³/mol. The minimum absolute atomic E-state index is 0.826. The van der Waals surface area contributed by atoms with E-state index in [-0.39, 0.29) is 0 Å². The molecule has 13 heavy (non-hydrogen) atoms. The van der Waals surface area contributed by atoms with E-state index in [2.05, 4.69) is 34.5 Å². The third-order valence-electron chi connectivity index (χ3n) is 1.78. The van der Waals surface area contributed by atoms with Gasteiger partial charge in [-0.1, -0.05) is 30.3 Å². The molecular formula is C11H17N2. The van der Waals surface area contributed by atoms with Crippen molar-refractivity contribution in [3.63, 3.8) is 0 Å². The molecular weight excluding hydrogens is 160 g/mol. The molecule has 2 nitrogen and oxygen atoms in total. The van der Waals surface area contributed by atoms with Crippen LogP contribution < -0.4 is 5.32 Å². The van der Waals surface area contributed by atoms with Crippen LogP contribution >= 0.6 is 0 Å². The number of hydrogen-bond donors (Lipinski definition) is 0. The molecule has 1 aromatic carbocycles. The Kier molecular flexibility index (Phi) is 4.50. The summed E-state index contributed by atoms with van der Waals surface area (Å²) in [5.41, 5.74) is 1.37. The lowest BCUT2D eigenvalue weighted by Gasteiger charge is -2.08. The second-order valence-corrected chi connectivity index (χ2v) is 3.40. The van der Waals surface area contributed by atoms with Crippen molar-refractivity contribution < 1.29 is 0 Å². The van der Waals surface area contributed by atoms with Gasteiger partial charge >= 0.3 is 0 Å². The van der Waals surface area contributed by atoms with Crippen molar-refractivity contribution in [3.8, 4) is 0 Å². The summed E-state index contributed by atoms with van der Waals surface area (Å²) in [4.78, 5) is 2.07. The van der Waals surface area contributed by atoms with Gasteiger partial charge in [0.2, 0.25) is 0 Å². The topological polar surface area (TPSA) is 17.3 Å². The maximum absolute atomic E-state index is 4.39. The number of nitrogens with zero attached hydrogens (tertiary/aromatic N) is 2. The van der Waals surface area contributed by atoms with Gasteiger partial charge in [0, 0.05) is 6.54 Å². The maximum Gasteiger partial charge on any atom is 0.0644 e. The summed E-state index contributed by atoms with van der Waals surface area (Å²) >= 11 is 0. The van der Waals surface area contributed by atoms with Crippen molar-refractivity contribution in [2.45, 2.75) is 6.42 Å². The molecule has 0 amide bonds. The van der Waals surface area contributed by atoms with Crippen LogP contribution in [-0.4, -0.2) is 32.2 Å². The molecule has 0 saturated heterocycles. The minimum atomic E-state index is 0.826. The Morgan fingerprint density at radius 1 is 1.15 bits per heavy atom. The molecule has 2 heteroatoms. The van der Waals surface area contributed by atoms with Gasteiger partial charge in [0.25, 0.3) is 0 Å². The molecule has 0 N–H and O–H groups in total. The lowest BCUT2D eigenvalue weighted by molar-refractivity contribution is 0.365. The van der Waals surface area contributed by atoms with Crippen LogP contribution in [0.4, 0.5) is 0 Å². The fourth-order valence-electron chi connectivity index (χ4n) is 1.12. The molecule has 0 unspecified atom stereocenters. The minimum Gasteiger partial charge on any atom is -0.296 e. The quantitative estimate of drug-likeness (QED) is 0.621. The first-order valence-corrected chi connectivity index (χ1v) is 4.61. The normalized spacial score (nSPS) is 10.7. The maximum atomic E-state index is 4.39. The zero-order chi connectivity index (χ0) is 9.52. The highest BCUT2D eigenvalue weighted by Gasteiger charge is 1.92. The van der Waals surface area contributed by atoms with Crippen molar-refractivity contribution in [2.24, 2.45) is 0 Å². The molecule has 0 aliphatic carbocycles. The van der Waals surface area contributed by atoms with Crippen LogP contribution in [0.15, 0.2) is 30.3 Å². The van der Waals surface area contributed by atoms with Crippen molar-refractivity contribution >= 4 is 0 Å². The second-order valence-electron chi connectivity index (χ2n) is 3.40. The summed E-state index contributed by atoms with van der Waals surface area (Å²) in [7, 11) is 4.07. The second kappa shape index (κ2) is 5.73. The molecule has 0 aliphatic heterocycles. The Balaban J connectivity index is 2.13. The van der Waals surface area contributed by atoms with Gasteiger partial charge in [0.15, 0.2) is 0 Å². The molecule has 0 atom stereocenters. The van der Waals surface area contributed by atoms with Gasteiger partial charge in [-0.15, -0.1) is 0 Å². The van der Waals surface area contributed by atoms with Crippen LogP contribution in [0.25, 0.3) is 0 Å².